The summed E-state index contributed by atoms with van der Waals surface area (Å²) >= 11 is 1.66. The van der Waals surface area contributed by atoms with Crippen molar-refractivity contribution in [3.63, 3.8) is 0 Å². The van der Waals surface area contributed by atoms with Gasteiger partial charge in [-0.2, -0.15) is 5.10 Å². The first kappa shape index (κ1) is 24.3. The van der Waals surface area contributed by atoms with Gasteiger partial charge in [0.05, 0.1) is 17.9 Å². The molecule has 1 aromatic carbocycles. The number of hydrogen-bond donors (Lipinski definition) is 2. The van der Waals surface area contributed by atoms with Gasteiger partial charge in [0, 0.05) is 36.3 Å². The Morgan fingerprint density at radius 3 is 2.60 bits per heavy atom. The van der Waals surface area contributed by atoms with Crippen LogP contribution in [0.15, 0.2) is 40.7 Å². The molecule has 30 heavy (non-hydrogen) atoms. The van der Waals surface area contributed by atoms with Crippen LogP contribution >= 0.6 is 35.3 Å². The van der Waals surface area contributed by atoms with Gasteiger partial charge in [-0.3, -0.25) is 4.68 Å². The number of nitrogens with zero attached hydrogens (tertiary/aromatic N) is 4. The number of nitrogens with one attached hydrogen (secondary N) is 2. The highest BCUT2D eigenvalue weighted by Gasteiger charge is 2.14. The summed E-state index contributed by atoms with van der Waals surface area (Å²) < 4.78 is 1.95. The van der Waals surface area contributed by atoms with E-state index in [0.29, 0.717) is 6.54 Å². The quantitative estimate of drug-likeness (QED) is 0.265. The number of guanidine groups is 1. The number of rotatable bonds is 7. The van der Waals surface area contributed by atoms with Crippen LogP contribution in [0.25, 0.3) is 10.6 Å². The Morgan fingerprint density at radius 1 is 1.23 bits per heavy atom. The molecular formula is C22H31IN6S. The van der Waals surface area contributed by atoms with Gasteiger partial charge in [-0.1, -0.05) is 30.3 Å². The molecule has 6 nitrogen and oxygen atoms in total. The minimum Gasteiger partial charge on any atom is -0.357 e. The van der Waals surface area contributed by atoms with Crippen molar-refractivity contribution in [2.75, 3.05) is 6.54 Å². The molecular weight excluding hydrogens is 507 g/mol. The maximum Gasteiger partial charge on any atom is 0.191 e. The topological polar surface area (TPSA) is 67.1 Å². The van der Waals surface area contributed by atoms with E-state index in [2.05, 4.69) is 60.9 Å². The van der Waals surface area contributed by atoms with Gasteiger partial charge in [-0.15, -0.1) is 35.3 Å². The van der Waals surface area contributed by atoms with Crippen LogP contribution < -0.4 is 10.6 Å². The molecule has 0 radical (unpaired) electrons. The lowest BCUT2D eigenvalue weighted by Crippen LogP contribution is -2.43. The first-order valence-corrected chi connectivity index (χ1v) is 10.9. The van der Waals surface area contributed by atoms with E-state index in [1.807, 2.05) is 29.9 Å². The summed E-state index contributed by atoms with van der Waals surface area (Å²) in [5.41, 5.74) is 5.74. The Kier molecular flexibility index (Phi) is 9.29. The van der Waals surface area contributed by atoms with Crippen LogP contribution in [0.4, 0.5) is 0 Å². The molecule has 1 unspecified atom stereocenters. The lowest BCUT2D eigenvalue weighted by molar-refractivity contribution is 0.635. The average molecular weight is 539 g/mol. The SMILES string of the molecule is CCNC(=NCc1csc(-c2ccccc2)n1)NC(C)Cc1c(C)nn(C)c1C.I. The number of benzene rings is 1. The lowest BCUT2D eigenvalue weighted by atomic mass is 10.1. The van der Waals surface area contributed by atoms with Crippen LogP contribution in [-0.4, -0.2) is 33.3 Å². The fourth-order valence-electron chi connectivity index (χ4n) is 3.28. The van der Waals surface area contributed by atoms with Crippen molar-refractivity contribution in [1.29, 1.82) is 0 Å². The second-order valence-corrected chi connectivity index (χ2v) is 8.09. The molecule has 0 bridgehead atoms. The van der Waals surface area contributed by atoms with Gasteiger partial charge >= 0.3 is 0 Å². The fraction of sp³-hybridized carbons (Fsp3) is 0.409. The van der Waals surface area contributed by atoms with Crippen molar-refractivity contribution in [2.45, 2.75) is 46.7 Å². The smallest absolute Gasteiger partial charge is 0.191 e. The normalized spacial score (nSPS) is 12.4. The standard InChI is InChI=1S/C22H30N6S.HI/c1-6-23-22(25-15(2)12-20-16(3)27-28(5)17(20)4)24-13-19-14-29-21(26-19)18-10-8-7-9-11-18;/h7-11,14-15H,6,12-13H2,1-5H3,(H2,23,24,25);1H. The van der Waals surface area contributed by atoms with Gasteiger partial charge < -0.3 is 10.6 Å². The third-order valence-electron chi connectivity index (χ3n) is 4.87. The van der Waals surface area contributed by atoms with Crippen molar-refractivity contribution in [3.05, 3.63) is 58.4 Å². The molecule has 2 aromatic heterocycles. The third kappa shape index (κ3) is 6.28. The number of hydrogen-bond acceptors (Lipinski definition) is 4. The monoisotopic (exact) mass is 538 g/mol. The molecule has 0 fully saturated rings. The zero-order chi connectivity index (χ0) is 20.8. The first-order valence-electron chi connectivity index (χ1n) is 10.0. The average Bonchev–Trinajstić information content (AvgIpc) is 3.27. The van der Waals surface area contributed by atoms with E-state index < -0.39 is 0 Å². The highest BCUT2D eigenvalue weighted by atomic mass is 127. The van der Waals surface area contributed by atoms with Crippen molar-refractivity contribution < 1.29 is 0 Å². The van der Waals surface area contributed by atoms with Gasteiger partial charge in [0.15, 0.2) is 5.96 Å². The highest BCUT2D eigenvalue weighted by molar-refractivity contribution is 14.0. The van der Waals surface area contributed by atoms with Gasteiger partial charge in [0.2, 0.25) is 0 Å². The van der Waals surface area contributed by atoms with Crippen molar-refractivity contribution >= 4 is 41.3 Å². The Labute approximate surface area is 200 Å². The largest absolute Gasteiger partial charge is 0.357 e. The molecule has 0 aliphatic heterocycles. The summed E-state index contributed by atoms with van der Waals surface area (Å²) in [7, 11) is 1.99. The molecule has 0 aliphatic rings. The van der Waals surface area contributed by atoms with Gasteiger partial charge in [0.25, 0.3) is 0 Å². The van der Waals surface area contributed by atoms with E-state index >= 15 is 0 Å². The van der Waals surface area contributed by atoms with Gasteiger partial charge in [0.1, 0.15) is 5.01 Å². The minimum absolute atomic E-state index is 0. The Morgan fingerprint density at radius 2 is 1.97 bits per heavy atom. The maximum atomic E-state index is 4.74. The zero-order valence-electron chi connectivity index (χ0n) is 18.3. The van der Waals surface area contributed by atoms with E-state index in [9.17, 15) is 0 Å². The van der Waals surface area contributed by atoms with Crippen LogP contribution in [0.1, 0.15) is 36.5 Å². The van der Waals surface area contributed by atoms with Crippen molar-refractivity contribution in [3.8, 4) is 10.6 Å². The molecule has 2 heterocycles. The number of aromatic nitrogens is 3. The zero-order valence-corrected chi connectivity index (χ0v) is 21.4. The summed E-state index contributed by atoms with van der Waals surface area (Å²) in [6, 6.07) is 10.5. The molecule has 0 saturated heterocycles. The van der Waals surface area contributed by atoms with Gasteiger partial charge in [-0.25, -0.2) is 9.98 Å². The molecule has 3 aromatic rings. The number of aryl methyl sites for hydroxylation is 2. The van der Waals surface area contributed by atoms with Gasteiger partial charge in [-0.05, 0) is 39.7 Å². The van der Waals surface area contributed by atoms with E-state index in [0.717, 1.165) is 40.9 Å². The minimum atomic E-state index is 0. The Bertz CT molecular complexity index is 963. The summed E-state index contributed by atoms with van der Waals surface area (Å²) in [6.45, 7) is 9.81. The molecule has 3 rings (SSSR count). The van der Waals surface area contributed by atoms with Crippen LogP contribution in [0, 0.1) is 13.8 Å². The number of halogens is 1. The lowest BCUT2D eigenvalue weighted by Gasteiger charge is -2.18. The summed E-state index contributed by atoms with van der Waals surface area (Å²) in [5, 5.41) is 14.5. The fourth-order valence-corrected chi connectivity index (χ4v) is 4.09. The summed E-state index contributed by atoms with van der Waals surface area (Å²) in [4.78, 5) is 9.47. The molecule has 1 atom stereocenters. The van der Waals surface area contributed by atoms with Crippen LogP contribution in [0.3, 0.4) is 0 Å². The van der Waals surface area contributed by atoms with E-state index in [4.69, 9.17) is 9.98 Å². The second-order valence-electron chi connectivity index (χ2n) is 7.23. The van der Waals surface area contributed by atoms with Crippen LogP contribution in [-0.2, 0) is 20.0 Å². The Hall–Kier alpha value is -1.94. The van der Waals surface area contributed by atoms with E-state index in [-0.39, 0.29) is 30.0 Å². The van der Waals surface area contributed by atoms with E-state index in [1.165, 1.54) is 11.3 Å². The van der Waals surface area contributed by atoms with Crippen LogP contribution in [0.2, 0.25) is 0 Å². The predicted octanol–water partition coefficient (Wildman–Crippen LogP) is 4.46. The highest BCUT2D eigenvalue weighted by Crippen LogP contribution is 2.23. The molecule has 162 valence electrons. The predicted molar refractivity (Wildman–Crippen MR) is 137 cm³/mol. The Balaban J connectivity index is 0.00000320. The first-order chi connectivity index (χ1) is 14.0. The molecule has 0 saturated carbocycles. The van der Waals surface area contributed by atoms with E-state index in [1.54, 1.807) is 11.3 Å². The summed E-state index contributed by atoms with van der Waals surface area (Å²) in [6.07, 6.45) is 0.908. The molecule has 8 heteroatoms. The molecule has 0 aliphatic carbocycles. The summed E-state index contributed by atoms with van der Waals surface area (Å²) in [5.74, 6) is 0.813. The molecule has 2 N–H and O–H groups in total. The number of thiazole rings is 1. The van der Waals surface area contributed by atoms with Crippen LogP contribution in [0.5, 0.6) is 0 Å². The second kappa shape index (κ2) is 11.5. The molecule has 0 spiro atoms. The number of aliphatic imine (C=N–C) groups is 1. The van der Waals surface area contributed by atoms with Crippen molar-refractivity contribution in [2.24, 2.45) is 12.0 Å². The molecule has 0 amide bonds. The maximum absolute atomic E-state index is 4.74. The third-order valence-corrected chi connectivity index (χ3v) is 5.81. The van der Waals surface area contributed by atoms with Crippen molar-refractivity contribution in [1.82, 2.24) is 25.4 Å².